The van der Waals surface area contributed by atoms with Gasteiger partial charge in [-0.3, -0.25) is 0 Å². The van der Waals surface area contributed by atoms with Gasteiger partial charge in [-0.15, -0.1) is 0 Å². The summed E-state index contributed by atoms with van der Waals surface area (Å²) < 4.78 is 0. The number of hydrogen-bond donors (Lipinski definition) is 2. The Bertz CT molecular complexity index is 530. The van der Waals surface area contributed by atoms with E-state index in [0.717, 1.165) is 45.3 Å². The fourth-order valence-electron chi connectivity index (χ4n) is 4.35. The van der Waals surface area contributed by atoms with Crippen LogP contribution in [0.3, 0.4) is 0 Å². The fourth-order valence-corrected chi connectivity index (χ4v) is 4.35. The Kier molecular flexibility index (Phi) is 5.44. The fraction of sp³-hybridized carbons (Fsp3) is 0.650. The largest absolute Gasteiger partial charge is 0.393 e. The molecule has 1 aromatic carbocycles. The van der Waals surface area contributed by atoms with E-state index in [2.05, 4.69) is 35.6 Å². The first-order chi connectivity index (χ1) is 11.6. The summed E-state index contributed by atoms with van der Waals surface area (Å²) in [6.07, 6.45) is 6.32. The highest BCUT2D eigenvalue weighted by atomic mass is 16.3. The summed E-state index contributed by atoms with van der Waals surface area (Å²) >= 11 is 0. The second-order valence-corrected chi connectivity index (χ2v) is 7.58. The van der Waals surface area contributed by atoms with Gasteiger partial charge in [-0.25, -0.2) is 4.79 Å². The first kappa shape index (κ1) is 17.3. The minimum absolute atomic E-state index is 0.0567. The maximum atomic E-state index is 12.6. The van der Waals surface area contributed by atoms with Crippen LogP contribution in [0.4, 0.5) is 4.79 Å². The van der Waals surface area contributed by atoms with Gasteiger partial charge in [-0.2, -0.15) is 0 Å². The molecule has 24 heavy (non-hydrogen) atoms. The van der Waals surface area contributed by atoms with Crippen LogP contribution < -0.4 is 5.32 Å². The number of hydrogen-bond acceptors (Lipinski definition) is 2. The Hall–Kier alpha value is -1.55. The van der Waals surface area contributed by atoms with E-state index in [-0.39, 0.29) is 17.6 Å². The van der Waals surface area contributed by atoms with E-state index in [1.54, 1.807) is 0 Å². The maximum absolute atomic E-state index is 12.6. The van der Waals surface area contributed by atoms with Crippen LogP contribution in [0.25, 0.3) is 0 Å². The average molecular weight is 330 g/mol. The van der Waals surface area contributed by atoms with Gasteiger partial charge in [0.05, 0.1) is 6.10 Å². The van der Waals surface area contributed by atoms with Crippen molar-refractivity contribution in [3.05, 3.63) is 35.9 Å². The Morgan fingerprint density at radius 1 is 1.25 bits per heavy atom. The van der Waals surface area contributed by atoms with Gasteiger partial charge < -0.3 is 15.3 Å². The molecule has 2 N–H and O–H groups in total. The number of aliphatic hydroxyl groups excluding tert-OH is 1. The lowest BCUT2D eigenvalue weighted by Gasteiger charge is -2.35. The highest BCUT2D eigenvalue weighted by molar-refractivity contribution is 5.74. The smallest absolute Gasteiger partial charge is 0.317 e. The summed E-state index contributed by atoms with van der Waals surface area (Å²) in [5.74, 6) is 0.333. The lowest BCUT2D eigenvalue weighted by atomic mass is 9.79. The zero-order chi connectivity index (χ0) is 17.0. The minimum atomic E-state index is -0.268. The standard InChI is InChI=1S/C20H30N2O2/c1-16(23)17-9-13-22(14-10-17)19(24)21-15-20(11-5-6-12-20)18-7-3-2-4-8-18/h2-4,7-8,16-17,23H,5-6,9-15H2,1H3,(H,21,24). The van der Waals surface area contributed by atoms with Crippen LogP contribution in [0.15, 0.2) is 30.3 Å². The SMILES string of the molecule is CC(O)C1CCN(C(=O)NCC2(c3ccccc3)CCCC2)CC1. The van der Waals surface area contributed by atoms with Crippen molar-refractivity contribution in [3.8, 4) is 0 Å². The second kappa shape index (κ2) is 7.56. The van der Waals surface area contributed by atoms with E-state index >= 15 is 0 Å². The number of carbonyl (C=O) groups is 1. The Labute approximate surface area is 145 Å². The Morgan fingerprint density at radius 2 is 1.88 bits per heavy atom. The molecule has 1 atom stereocenters. The van der Waals surface area contributed by atoms with Gasteiger partial charge in [-0.1, -0.05) is 43.2 Å². The predicted molar refractivity (Wildman–Crippen MR) is 96.0 cm³/mol. The summed E-state index contributed by atoms with van der Waals surface area (Å²) in [7, 11) is 0. The molecule has 0 spiro atoms. The van der Waals surface area contributed by atoms with Crippen LogP contribution in [0.5, 0.6) is 0 Å². The lowest BCUT2D eigenvalue weighted by Crippen LogP contribution is -2.49. The lowest BCUT2D eigenvalue weighted by molar-refractivity contribution is 0.0795. The normalized spacial score (nSPS) is 22.3. The molecule has 132 valence electrons. The predicted octanol–water partition coefficient (Wildman–Crippen LogP) is 3.30. The average Bonchev–Trinajstić information content (AvgIpc) is 3.11. The molecule has 1 aromatic rings. The Morgan fingerprint density at radius 3 is 2.46 bits per heavy atom. The number of nitrogens with one attached hydrogen (secondary N) is 1. The number of amides is 2. The third kappa shape index (κ3) is 3.75. The van der Waals surface area contributed by atoms with Crippen LogP contribution in [0.1, 0.15) is 51.0 Å². The number of nitrogens with zero attached hydrogens (tertiary/aromatic N) is 1. The molecule has 0 aromatic heterocycles. The zero-order valence-corrected chi connectivity index (χ0v) is 14.7. The van der Waals surface area contributed by atoms with Gasteiger partial charge in [0, 0.05) is 25.0 Å². The summed E-state index contributed by atoms with van der Waals surface area (Å²) in [4.78, 5) is 14.5. The monoisotopic (exact) mass is 330 g/mol. The first-order valence-corrected chi connectivity index (χ1v) is 9.37. The molecule has 1 heterocycles. The molecule has 1 aliphatic heterocycles. The maximum Gasteiger partial charge on any atom is 0.317 e. The van der Waals surface area contributed by atoms with E-state index in [4.69, 9.17) is 0 Å². The van der Waals surface area contributed by atoms with Gasteiger partial charge in [0.2, 0.25) is 0 Å². The summed E-state index contributed by atoms with van der Waals surface area (Å²) in [6.45, 7) is 4.08. The van der Waals surface area contributed by atoms with Gasteiger partial charge in [0.1, 0.15) is 0 Å². The van der Waals surface area contributed by atoms with Gasteiger partial charge in [-0.05, 0) is 44.1 Å². The highest BCUT2D eigenvalue weighted by Gasteiger charge is 2.36. The van der Waals surface area contributed by atoms with Crippen molar-refractivity contribution in [3.63, 3.8) is 0 Å². The minimum Gasteiger partial charge on any atom is -0.393 e. The number of carbonyl (C=O) groups excluding carboxylic acids is 1. The van der Waals surface area contributed by atoms with Crippen molar-refractivity contribution in [2.24, 2.45) is 5.92 Å². The second-order valence-electron chi connectivity index (χ2n) is 7.58. The number of urea groups is 1. The molecule has 0 bridgehead atoms. The van der Waals surface area contributed by atoms with Crippen molar-refractivity contribution >= 4 is 6.03 Å². The molecule has 3 rings (SSSR count). The molecule has 0 radical (unpaired) electrons. The molecule has 1 saturated carbocycles. The molecule has 1 unspecified atom stereocenters. The number of benzene rings is 1. The third-order valence-electron chi connectivity index (χ3n) is 6.03. The number of likely N-dealkylation sites (tertiary alicyclic amines) is 1. The molecule has 1 saturated heterocycles. The molecular formula is C20H30N2O2. The van der Waals surface area contributed by atoms with E-state index in [0.29, 0.717) is 5.92 Å². The van der Waals surface area contributed by atoms with E-state index < -0.39 is 0 Å². The molecule has 1 aliphatic carbocycles. The van der Waals surface area contributed by atoms with Crippen molar-refractivity contribution < 1.29 is 9.90 Å². The van der Waals surface area contributed by atoms with E-state index in [1.807, 2.05) is 11.8 Å². The number of rotatable bonds is 4. The topological polar surface area (TPSA) is 52.6 Å². The van der Waals surface area contributed by atoms with Gasteiger partial charge in [0.25, 0.3) is 0 Å². The third-order valence-corrected chi connectivity index (χ3v) is 6.03. The van der Waals surface area contributed by atoms with Crippen molar-refractivity contribution in [2.45, 2.75) is 57.0 Å². The van der Waals surface area contributed by atoms with Gasteiger partial charge in [0.15, 0.2) is 0 Å². The van der Waals surface area contributed by atoms with Crippen LogP contribution >= 0.6 is 0 Å². The molecule has 4 nitrogen and oxygen atoms in total. The highest BCUT2D eigenvalue weighted by Crippen LogP contribution is 2.40. The molecular weight excluding hydrogens is 300 g/mol. The summed E-state index contributed by atoms with van der Waals surface area (Å²) in [5, 5.41) is 12.9. The van der Waals surface area contributed by atoms with Crippen LogP contribution in [-0.4, -0.2) is 41.8 Å². The Balaban J connectivity index is 1.57. The van der Waals surface area contributed by atoms with E-state index in [9.17, 15) is 9.90 Å². The molecule has 2 amide bonds. The quantitative estimate of drug-likeness (QED) is 0.890. The van der Waals surface area contributed by atoms with Crippen molar-refractivity contribution in [2.75, 3.05) is 19.6 Å². The number of aliphatic hydroxyl groups is 1. The van der Waals surface area contributed by atoms with Crippen LogP contribution in [0, 0.1) is 5.92 Å². The van der Waals surface area contributed by atoms with Crippen LogP contribution in [-0.2, 0) is 5.41 Å². The molecule has 2 aliphatic rings. The zero-order valence-electron chi connectivity index (χ0n) is 14.7. The number of piperidine rings is 1. The van der Waals surface area contributed by atoms with Gasteiger partial charge >= 0.3 is 6.03 Å². The van der Waals surface area contributed by atoms with Crippen molar-refractivity contribution in [1.82, 2.24) is 10.2 Å². The van der Waals surface area contributed by atoms with Crippen molar-refractivity contribution in [1.29, 1.82) is 0 Å². The van der Waals surface area contributed by atoms with E-state index in [1.165, 1.54) is 18.4 Å². The summed E-state index contributed by atoms with van der Waals surface area (Å²) in [5.41, 5.74) is 1.46. The van der Waals surface area contributed by atoms with Crippen LogP contribution in [0.2, 0.25) is 0 Å². The molecule has 2 fully saturated rings. The summed E-state index contributed by atoms with van der Waals surface area (Å²) in [6, 6.07) is 10.7. The first-order valence-electron chi connectivity index (χ1n) is 9.37. The molecule has 4 heteroatoms.